The van der Waals surface area contributed by atoms with Gasteiger partial charge in [-0.15, -0.1) is 0 Å². The maximum absolute atomic E-state index is 12.6. The third kappa shape index (κ3) is 2.50. The van der Waals surface area contributed by atoms with Crippen LogP contribution in [0.3, 0.4) is 0 Å². The summed E-state index contributed by atoms with van der Waals surface area (Å²) in [4.78, 5) is 24.7. The average molecular weight is 337 g/mol. The molecule has 2 aromatic rings. The second kappa shape index (κ2) is 5.62. The zero-order valence-corrected chi connectivity index (χ0v) is 13.2. The second-order valence-electron chi connectivity index (χ2n) is 6.08. The minimum absolute atomic E-state index is 0.00452. The number of anilines is 1. The number of nitrogens with one attached hydrogen (secondary N) is 1. The van der Waals surface area contributed by atoms with Crippen molar-refractivity contribution in [1.82, 2.24) is 5.32 Å². The Morgan fingerprint density at radius 2 is 1.96 bits per heavy atom. The number of hydrogen-bond acceptors (Lipinski definition) is 4. The molecule has 0 atom stereocenters. The van der Waals surface area contributed by atoms with Gasteiger partial charge in [0.1, 0.15) is 5.75 Å². The van der Waals surface area contributed by atoms with Gasteiger partial charge in [0.15, 0.2) is 0 Å². The predicted molar refractivity (Wildman–Crippen MR) is 92.3 cm³/mol. The van der Waals surface area contributed by atoms with E-state index in [0.29, 0.717) is 23.5 Å². The zero-order valence-electron chi connectivity index (χ0n) is 13.2. The molecule has 2 N–H and O–H groups in total. The van der Waals surface area contributed by atoms with Gasteiger partial charge in [-0.25, -0.2) is 4.79 Å². The third-order valence-electron chi connectivity index (χ3n) is 4.62. The number of phenols is 1. The number of benzene rings is 2. The topological polar surface area (TPSA) is 95.7 Å². The van der Waals surface area contributed by atoms with E-state index in [-0.39, 0.29) is 17.5 Å². The Morgan fingerprint density at radius 1 is 1.16 bits per heavy atom. The van der Waals surface area contributed by atoms with Crippen molar-refractivity contribution in [3.05, 3.63) is 69.3 Å². The number of aromatic hydroxyl groups is 1. The minimum Gasteiger partial charge on any atom is -0.506 e. The average Bonchev–Trinajstić information content (AvgIpc) is 2.61. The molecule has 25 heavy (non-hydrogen) atoms. The number of para-hydroxylation sites is 2. The maximum atomic E-state index is 12.6. The number of nitro groups is 1. The summed E-state index contributed by atoms with van der Waals surface area (Å²) < 4.78 is 0. The molecule has 7 nitrogen and oxygen atoms in total. The van der Waals surface area contributed by atoms with E-state index < -0.39 is 4.92 Å². The van der Waals surface area contributed by atoms with Crippen LogP contribution in [0.25, 0.3) is 5.70 Å². The molecule has 2 amide bonds. The van der Waals surface area contributed by atoms with Gasteiger partial charge in [0, 0.05) is 17.7 Å². The molecule has 4 rings (SSSR count). The molecule has 126 valence electrons. The van der Waals surface area contributed by atoms with Gasteiger partial charge in [-0.3, -0.25) is 15.0 Å². The molecule has 0 aromatic heterocycles. The first-order valence-electron chi connectivity index (χ1n) is 7.91. The zero-order chi connectivity index (χ0) is 17.6. The lowest BCUT2D eigenvalue weighted by molar-refractivity contribution is -0.384. The van der Waals surface area contributed by atoms with Gasteiger partial charge in [-0.05, 0) is 36.1 Å². The van der Waals surface area contributed by atoms with Crippen molar-refractivity contribution >= 4 is 23.1 Å². The van der Waals surface area contributed by atoms with E-state index in [1.807, 2.05) is 0 Å². The van der Waals surface area contributed by atoms with E-state index in [9.17, 15) is 20.0 Å². The lowest BCUT2D eigenvalue weighted by atomic mass is 9.87. The highest BCUT2D eigenvalue weighted by molar-refractivity contribution is 6.02. The molecule has 0 fully saturated rings. The molecule has 1 heterocycles. The third-order valence-corrected chi connectivity index (χ3v) is 4.62. The van der Waals surface area contributed by atoms with Gasteiger partial charge in [-0.2, -0.15) is 0 Å². The smallest absolute Gasteiger partial charge is 0.326 e. The summed E-state index contributed by atoms with van der Waals surface area (Å²) >= 11 is 0. The van der Waals surface area contributed by atoms with Crippen LogP contribution in [-0.2, 0) is 6.42 Å². The van der Waals surface area contributed by atoms with Crippen LogP contribution < -0.4 is 10.2 Å². The molecule has 7 heteroatoms. The number of urea groups is 1. The Morgan fingerprint density at radius 3 is 2.72 bits per heavy atom. The highest BCUT2D eigenvalue weighted by atomic mass is 16.6. The van der Waals surface area contributed by atoms with Gasteiger partial charge < -0.3 is 10.4 Å². The molecular formula is C18H15N3O4. The van der Waals surface area contributed by atoms with Crippen molar-refractivity contribution in [3.63, 3.8) is 0 Å². The molecule has 0 bridgehead atoms. The van der Waals surface area contributed by atoms with E-state index in [0.717, 1.165) is 24.0 Å². The largest absolute Gasteiger partial charge is 0.506 e. The van der Waals surface area contributed by atoms with Crippen LogP contribution in [0.1, 0.15) is 17.5 Å². The fourth-order valence-corrected chi connectivity index (χ4v) is 3.37. The molecule has 0 saturated heterocycles. The Bertz CT molecular complexity index is 936. The summed E-state index contributed by atoms with van der Waals surface area (Å²) in [5, 5.41) is 23.9. The van der Waals surface area contributed by atoms with Crippen LogP contribution in [0.5, 0.6) is 5.75 Å². The number of aryl methyl sites for hydroxylation is 1. The van der Waals surface area contributed by atoms with Crippen molar-refractivity contribution in [1.29, 1.82) is 0 Å². The van der Waals surface area contributed by atoms with Crippen LogP contribution in [0.15, 0.2) is 48.0 Å². The lowest BCUT2D eigenvalue weighted by Crippen LogP contribution is -2.46. The molecule has 0 saturated carbocycles. The molecule has 0 unspecified atom stereocenters. The van der Waals surface area contributed by atoms with Gasteiger partial charge in [0.2, 0.25) is 0 Å². The number of fused-ring (bicyclic) bond motifs is 2. The Hall–Kier alpha value is -3.35. The Labute approximate surface area is 143 Å². The van der Waals surface area contributed by atoms with Gasteiger partial charge >= 0.3 is 6.03 Å². The summed E-state index contributed by atoms with van der Waals surface area (Å²) in [5.41, 5.74) is 3.79. The van der Waals surface area contributed by atoms with Gasteiger partial charge in [-0.1, -0.05) is 18.2 Å². The van der Waals surface area contributed by atoms with Crippen molar-refractivity contribution in [2.45, 2.75) is 12.8 Å². The monoisotopic (exact) mass is 337 g/mol. The standard InChI is InChI=1S/C18H15N3O4/c22-16-4-2-1-3-15(16)20-10-12-6-5-11-7-8-13(21(24)25)9-14(11)17(12)19-18(20)23/h1-4,7-9,22H,5-6,10H2,(H,19,23). The van der Waals surface area contributed by atoms with Crippen LogP contribution in [-0.4, -0.2) is 22.6 Å². The highest BCUT2D eigenvalue weighted by Gasteiger charge is 2.31. The SMILES string of the molecule is O=C1NC2=C(CCc3ccc([N+](=O)[O-])cc32)CN1c1ccccc1O. The predicted octanol–water partition coefficient (Wildman–Crippen LogP) is 3.19. The molecule has 1 aliphatic heterocycles. The first-order chi connectivity index (χ1) is 12.0. The number of phenolic OH excluding ortho intramolecular Hbond substituents is 1. The molecule has 0 spiro atoms. The van der Waals surface area contributed by atoms with Crippen LogP contribution in [0.4, 0.5) is 16.2 Å². The lowest BCUT2D eigenvalue weighted by Gasteiger charge is -2.34. The van der Waals surface area contributed by atoms with E-state index in [1.54, 1.807) is 24.3 Å². The van der Waals surface area contributed by atoms with E-state index in [2.05, 4.69) is 5.32 Å². The normalized spacial score (nSPS) is 16.2. The van der Waals surface area contributed by atoms with Crippen LogP contribution in [0.2, 0.25) is 0 Å². The van der Waals surface area contributed by atoms with Crippen molar-refractivity contribution in [2.75, 3.05) is 11.4 Å². The minimum atomic E-state index is -0.436. The van der Waals surface area contributed by atoms with E-state index in [1.165, 1.54) is 23.1 Å². The maximum Gasteiger partial charge on any atom is 0.326 e. The van der Waals surface area contributed by atoms with Gasteiger partial charge in [0.25, 0.3) is 5.69 Å². The van der Waals surface area contributed by atoms with Crippen LogP contribution >= 0.6 is 0 Å². The first kappa shape index (κ1) is 15.2. The molecule has 2 aromatic carbocycles. The summed E-state index contributed by atoms with van der Waals surface area (Å²) in [7, 11) is 0. The Balaban J connectivity index is 1.76. The van der Waals surface area contributed by atoms with E-state index >= 15 is 0 Å². The number of amides is 2. The summed E-state index contributed by atoms with van der Waals surface area (Å²) in [5.74, 6) is 0.0357. The van der Waals surface area contributed by atoms with Crippen molar-refractivity contribution in [2.24, 2.45) is 0 Å². The fraction of sp³-hybridized carbons (Fsp3) is 0.167. The Kier molecular flexibility index (Phi) is 3.42. The van der Waals surface area contributed by atoms with Crippen molar-refractivity contribution in [3.8, 4) is 5.75 Å². The number of nitro benzene ring substituents is 1. The summed E-state index contributed by atoms with van der Waals surface area (Å²) in [6.45, 7) is 0.348. The number of carbonyl (C=O) groups is 1. The van der Waals surface area contributed by atoms with E-state index in [4.69, 9.17) is 0 Å². The quantitative estimate of drug-likeness (QED) is 0.650. The van der Waals surface area contributed by atoms with Crippen LogP contribution in [0, 0.1) is 10.1 Å². The highest BCUT2D eigenvalue weighted by Crippen LogP contribution is 2.37. The summed E-state index contributed by atoms with van der Waals surface area (Å²) in [6.07, 6.45) is 1.52. The molecule has 0 radical (unpaired) electrons. The summed E-state index contributed by atoms with van der Waals surface area (Å²) in [6, 6.07) is 11.1. The van der Waals surface area contributed by atoms with Crippen molar-refractivity contribution < 1.29 is 14.8 Å². The number of non-ortho nitro benzene ring substituents is 1. The fourth-order valence-electron chi connectivity index (χ4n) is 3.37. The second-order valence-corrected chi connectivity index (χ2v) is 6.08. The molecule has 1 aliphatic carbocycles. The number of carbonyl (C=O) groups excluding carboxylic acids is 1. The first-order valence-corrected chi connectivity index (χ1v) is 7.91. The number of rotatable bonds is 2. The number of hydrogen-bond donors (Lipinski definition) is 2. The molecular weight excluding hydrogens is 322 g/mol. The number of nitrogens with zero attached hydrogens (tertiary/aromatic N) is 2. The van der Waals surface area contributed by atoms with Gasteiger partial charge in [0.05, 0.1) is 22.9 Å². The molecule has 2 aliphatic rings.